The van der Waals surface area contributed by atoms with Crippen molar-refractivity contribution in [1.29, 1.82) is 0 Å². The van der Waals surface area contributed by atoms with Gasteiger partial charge in [0.2, 0.25) is 0 Å². The van der Waals surface area contributed by atoms with Crippen molar-refractivity contribution in [2.45, 2.75) is 52.1 Å². The van der Waals surface area contributed by atoms with E-state index in [1.165, 1.54) is 38.0 Å². The fraction of sp³-hybridized carbons (Fsp3) is 0.696. The Labute approximate surface area is 176 Å². The molecule has 2 saturated heterocycles. The van der Waals surface area contributed by atoms with Gasteiger partial charge in [-0.2, -0.15) is 0 Å². The summed E-state index contributed by atoms with van der Waals surface area (Å²) in [5.74, 6) is 2.50. The van der Waals surface area contributed by atoms with E-state index in [1.807, 2.05) is 6.07 Å². The maximum atomic E-state index is 5.37. The van der Waals surface area contributed by atoms with Crippen LogP contribution in [-0.4, -0.2) is 69.3 Å². The predicted molar refractivity (Wildman–Crippen MR) is 122 cm³/mol. The maximum absolute atomic E-state index is 5.37. The summed E-state index contributed by atoms with van der Waals surface area (Å²) in [6, 6.07) is 9.54. The van der Waals surface area contributed by atoms with Gasteiger partial charge in [-0.1, -0.05) is 6.07 Å². The molecule has 2 heterocycles. The molecule has 0 radical (unpaired) electrons. The Morgan fingerprint density at radius 1 is 1.21 bits per heavy atom. The van der Waals surface area contributed by atoms with E-state index in [4.69, 9.17) is 9.73 Å². The molecule has 0 aromatic heterocycles. The molecule has 0 spiro atoms. The molecule has 2 aliphatic heterocycles. The highest BCUT2D eigenvalue weighted by molar-refractivity contribution is 5.80. The zero-order valence-electron chi connectivity index (χ0n) is 18.7. The lowest BCUT2D eigenvalue weighted by atomic mass is 10.0. The minimum Gasteiger partial charge on any atom is -0.497 e. The molecule has 1 aromatic carbocycles. The van der Waals surface area contributed by atoms with Gasteiger partial charge >= 0.3 is 0 Å². The van der Waals surface area contributed by atoms with Gasteiger partial charge in [-0.15, -0.1) is 0 Å². The van der Waals surface area contributed by atoms with E-state index in [1.54, 1.807) is 7.11 Å². The number of guanidine groups is 1. The fourth-order valence-electron chi connectivity index (χ4n) is 4.32. The molecule has 1 aromatic rings. The van der Waals surface area contributed by atoms with Crippen molar-refractivity contribution in [3.8, 4) is 5.75 Å². The number of nitrogens with one attached hydrogen (secondary N) is 2. The first-order valence-electron chi connectivity index (χ1n) is 11.3. The fourth-order valence-corrected chi connectivity index (χ4v) is 4.32. The van der Waals surface area contributed by atoms with Gasteiger partial charge in [0.1, 0.15) is 5.75 Å². The number of piperidine rings is 1. The number of hydrogen-bond acceptors (Lipinski definition) is 4. The first-order chi connectivity index (χ1) is 14.1. The quantitative estimate of drug-likeness (QED) is 0.543. The minimum absolute atomic E-state index is 0.527. The van der Waals surface area contributed by atoms with Gasteiger partial charge in [-0.3, -0.25) is 4.99 Å². The summed E-state index contributed by atoms with van der Waals surface area (Å²) in [7, 11) is 1.72. The van der Waals surface area contributed by atoms with Gasteiger partial charge in [-0.05, 0) is 58.1 Å². The van der Waals surface area contributed by atoms with Gasteiger partial charge in [0, 0.05) is 63.1 Å². The second kappa shape index (κ2) is 10.7. The average molecular weight is 402 g/mol. The third-order valence-corrected chi connectivity index (χ3v) is 6.16. The number of anilines is 1. The van der Waals surface area contributed by atoms with Crippen LogP contribution in [0.15, 0.2) is 29.3 Å². The third kappa shape index (κ3) is 6.26. The summed E-state index contributed by atoms with van der Waals surface area (Å²) in [4.78, 5) is 9.95. The van der Waals surface area contributed by atoms with Crippen LogP contribution < -0.4 is 20.3 Å². The van der Waals surface area contributed by atoms with E-state index < -0.39 is 0 Å². The summed E-state index contributed by atoms with van der Waals surface area (Å²) in [5.41, 5.74) is 1.25. The number of rotatable bonds is 7. The van der Waals surface area contributed by atoms with Crippen LogP contribution in [0.4, 0.5) is 5.69 Å². The Kier molecular flexibility index (Phi) is 8.04. The normalized spacial score (nSPS) is 21.6. The molecule has 0 aliphatic carbocycles. The molecule has 29 heavy (non-hydrogen) atoms. The molecule has 1 unspecified atom stereocenters. The number of nitrogens with zero attached hydrogens (tertiary/aromatic N) is 3. The zero-order valence-corrected chi connectivity index (χ0v) is 18.7. The number of ether oxygens (including phenoxy) is 1. The Balaban J connectivity index is 1.50. The molecule has 0 amide bonds. The summed E-state index contributed by atoms with van der Waals surface area (Å²) >= 11 is 0. The van der Waals surface area contributed by atoms with Crippen LogP contribution in [0.1, 0.15) is 40.0 Å². The zero-order chi connectivity index (χ0) is 20.6. The second-order valence-electron chi connectivity index (χ2n) is 8.57. The van der Waals surface area contributed by atoms with Crippen molar-refractivity contribution in [2.75, 3.05) is 51.3 Å². The minimum atomic E-state index is 0.527. The number of methoxy groups -OCH3 is 1. The number of benzene rings is 1. The van der Waals surface area contributed by atoms with Gasteiger partial charge in [0.25, 0.3) is 0 Å². The largest absolute Gasteiger partial charge is 0.497 e. The van der Waals surface area contributed by atoms with Crippen LogP contribution in [0.2, 0.25) is 0 Å². The predicted octanol–water partition coefficient (Wildman–Crippen LogP) is 2.95. The van der Waals surface area contributed by atoms with E-state index in [-0.39, 0.29) is 0 Å². The van der Waals surface area contributed by atoms with Crippen LogP contribution in [0.5, 0.6) is 5.75 Å². The van der Waals surface area contributed by atoms with Gasteiger partial charge in [0.15, 0.2) is 5.96 Å². The van der Waals surface area contributed by atoms with Crippen LogP contribution in [0.25, 0.3) is 0 Å². The molecule has 2 aliphatic rings. The third-order valence-electron chi connectivity index (χ3n) is 6.16. The van der Waals surface area contributed by atoms with Crippen molar-refractivity contribution < 1.29 is 4.74 Å². The molecule has 3 rings (SSSR count). The van der Waals surface area contributed by atoms with Crippen molar-refractivity contribution in [3.05, 3.63) is 24.3 Å². The first kappa shape index (κ1) is 21.8. The molecule has 6 heteroatoms. The first-order valence-corrected chi connectivity index (χ1v) is 11.3. The van der Waals surface area contributed by atoms with E-state index in [2.05, 4.69) is 59.4 Å². The van der Waals surface area contributed by atoms with Crippen LogP contribution in [0.3, 0.4) is 0 Å². The molecule has 0 bridgehead atoms. The molecule has 6 nitrogen and oxygen atoms in total. The van der Waals surface area contributed by atoms with E-state index in [0.717, 1.165) is 37.9 Å². The second-order valence-corrected chi connectivity index (χ2v) is 8.57. The van der Waals surface area contributed by atoms with Gasteiger partial charge < -0.3 is 25.2 Å². The summed E-state index contributed by atoms with van der Waals surface area (Å²) in [6.07, 6.45) is 3.57. The summed E-state index contributed by atoms with van der Waals surface area (Å²) in [6.45, 7) is 13.0. The lowest BCUT2D eigenvalue weighted by Crippen LogP contribution is -2.50. The number of hydrogen-bond donors (Lipinski definition) is 2. The molecule has 0 saturated carbocycles. The molecule has 2 N–H and O–H groups in total. The number of aliphatic imine (C=N–C) groups is 1. The Morgan fingerprint density at radius 3 is 2.69 bits per heavy atom. The van der Waals surface area contributed by atoms with Crippen LogP contribution in [-0.2, 0) is 0 Å². The highest BCUT2D eigenvalue weighted by Crippen LogP contribution is 2.27. The van der Waals surface area contributed by atoms with Crippen molar-refractivity contribution >= 4 is 11.6 Å². The molecule has 1 atom stereocenters. The molecular weight excluding hydrogens is 362 g/mol. The van der Waals surface area contributed by atoms with Crippen molar-refractivity contribution in [1.82, 2.24) is 15.5 Å². The Morgan fingerprint density at radius 2 is 2.00 bits per heavy atom. The summed E-state index contributed by atoms with van der Waals surface area (Å²) < 4.78 is 5.37. The van der Waals surface area contributed by atoms with Crippen molar-refractivity contribution in [3.63, 3.8) is 0 Å². The Hall–Kier alpha value is -1.95. The molecular formula is C23H39N5O. The molecule has 2 fully saturated rings. The van der Waals surface area contributed by atoms with Gasteiger partial charge in [-0.25, -0.2) is 0 Å². The highest BCUT2D eigenvalue weighted by Gasteiger charge is 2.24. The summed E-state index contributed by atoms with van der Waals surface area (Å²) in [5, 5.41) is 7.12. The lowest BCUT2D eigenvalue weighted by Gasteiger charge is -2.35. The molecule has 162 valence electrons. The van der Waals surface area contributed by atoms with Crippen LogP contribution >= 0.6 is 0 Å². The Bertz CT molecular complexity index is 654. The van der Waals surface area contributed by atoms with Crippen molar-refractivity contribution in [2.24, 2.45) is 10.9 Å². The number of likely N-dealkylation sites (tertiary alicyclic amines) is 1. The van der Waals surface area contributed by atoms with Crippen LogP contribution in [0, 0.1) is 5.92 Å². The SMILES string of the molecule is CCNC(=NCC1CCN(c2cccc(OC)c2)C1)NC1CCN(C(C)C)CC1. The standard InChI is InChI=1S/C23H39N5O/c1-5-24-23(26-20-10-13-27(14-11-20)18(2)3)25-16-19-9-12-28(17-19)21-7-6-8-22(15-21)29-4/h6-8,15,18-20H,5,9-14,16-17H2,1-4H3,(H2,24,25,26). The topological polar surface area (TPSA) is 52.1 Å². The van der Waals surface area contributed by atoms with E-state index >= 15 is 0 Å². The van der Waals surface area contributed by atoms with Gasteiger partial charge in [0.05, 0.1) is 7.11 Å². The lowest BCUT2D eigenvalue weighted by molar-refractivity contribution is 0.167. The van der Waals surface area contributed by atoms with E-state index in [9.17, 15) is 0 Å². The average Bonchev–Trinajstić information content (AvgIpc) is 3.22. The monoisotopic (exact) mass is 401 g/mol. The maximum Gasteiger partial charge on any atom is 0.191 e. The van der Waals surface area contributed by atoms with E-state index in [0.29, 0.717) is 18.0 Å². The smallest absolute Gasteiger partial charge is 0.191 e. The highest BCUT2D eigenvalue weighted by atomic mass is 16.5.